The molecule has 1 aromatic heterocycles. The van der Waals surface area contributed by atoms with Gasteiger partial charge in [0.05, 0.1) is 5.69 Å². The number of H-pyrrole nitrogens is 1. The molecule has 4 heteroatoms. The first kappa shape index (κ1) is 9.25. The normalized spacial score (nSPS) is 10.5. The average molecular weight is 178 g/mol. The number of allylic oxidation sites excluding steroid dienone is 1. The molecule has 1 heterocycles. The summed E-state index contributed by atoms with van der Waals surface area (Å²) in [7, 11) is 0. The maximum absolute atomic E-state index is 10.8. The number of carbonyl (C=O) groups excluding carboxylic acids is 1. The molecule has 0 aliphatic rings. The number of carbonyl (C=O) groups is 1. The van der Waals surface area contributed by atoms with E-state index in [0.717, 1.165) is 11.8 Å². The van der Waals surface area contributed by atoms with Crippen LogP contribution in [0.3, 0.4) is 0 Å². The fourth-order valence-electron chi connectivity index (χ4n) is 0.875. The Morgan fingerprint density at radius 2 is 2.31 bits per heavy atom. The van der Waals surface area contributed by atoms with Gasteiger partial charge in [-0.2, -0.15) is 0 Å². The molecule has 0 bridgehead atoms. The van der Waals surface area contributed by atoms with Crippen molar-refractivity contribution in [2.75, 3.05) is 5.73 Å². The van der Waals surface area contributed by atoms with Gasteiger partial charge in [-0.25, -0.2) is 0 Å². The van der Waals surface area contributed by atoms with Crippen LogP contribution in [-0.2, 0) is 4.79 Å². The highest BCUT2D eigenvalue weighted by atomic mass is 16.1. The topological polar surface area (TPSA) is 76.0 Å². The molecule has 0 unspecified atom stereocenters. The van der Waals surface area contributed by atoms with Crippen LogP contribution in [0.4, 0.5) is 5.69 Å². The lowest BCUT2D eigenvalue weighted by Crippen LogP contribution is -2.10. The van der Waals surface area contributed by atoms with E-state index in [1.165, 1.54) is 0 Å². The number of nitrogen functional groups attached to an aromatic ring is 1. The van der Waals surface area contributed by atoms with E-state index in [2.05, 4.69) is 4.98 Å². The Labute approximate surface area is 75.1 Å². The molecule has 0 radical (unpaired) electrons. The first-order valence-corrected chi connectivity index (χ1v) is 3.82. The summed E-state index contributed by atoms with van der Waals surface area (Å²) in [4.78, 5) is 23.3. The maximum Gasteiger partial charge on any atom is 0.271 e. The average Bonchev–Trinajstić information content (AvgIpc) is 2.12. The van der Waals surface area contributed by atoms with Gasteiger partial charge in [-0.3, -0.25) is 4.79 Å². The van der Waals surface area contributed by atoms with Crippen molar-refractivity contribution in [3.8, 4) is 0 Å². The van der Waals surface area contributed by atoms with Crippen molar-refractivity contribution in [3.63, 3.8) is 0 Å². The lowest BCUT2D eigenvalue weighted by molar-refractivity contribution is -0.107. The summed E-state index contributed by atoms with van der Waals surface area (Å²) in [5.74, 6) is 0. The Kier molecular flexibility index (Phi) is 3.03. The highest BCUT2D eigenvalue weighted by Gasteiger charge is 1.92. The Morgan fingerprint density at radius 1 is 1.54 bits per heavy atom. The van der Waals surface area contributed by atoms with Crippen LogP contribution in [0, 0.1) is 0 Å². The number of aromatic nitrogens is 1. The van der Waals surface area contributed by atoms with Crippen molar-refractivity contribution in [2.45, 2.75) is 6.42 Å². The number of aromatic amines is 1. The van der Waals surface area contributed by atoms with Gasteiger partial charge in [0, 0.05) is 12.6 Å². The highest BCUT2D eigenvalue weighted by Crippen LogP contribution is 2.02. The molecule has 0 spiro atoms. The molecular weight excluding hydrogens is 168 g/mol. The monoisotopic (exact) mass is 178 g/mol. The lowest BCUT2D eigenvalue weighted by Gasteiger charge is -1.93. The van der Waals surface area contributed by atoms with Crippen molar-refractivity contribution in [3.05, 3.63) is 34.3 Å². The van der Waals surface area contributed by atoms with Crippen LogP contribution < -0.4 is 11.3 Å². The first-order chi connectivity index (χ1) is 6.24. The minimum Gasteiger partial charge on any atom is -0.394 e. The molecule has 0 fully saturated rings. The second-order valence-electron chi connectivity index (χ2n) is 2.52. The van der Waals surface area contributed by atoms with E-state index in [1.807, 2.05) is 0 Å². The molecule has 4 nitrogen and oxygen atoms in total. The Bertz CT molecular complexity index is 379. The van der Waals surface area contributed by atoms with Crippen molar-refractivity contribution in [2.24, 2.45) is 0 Å². The molecule has 0 aliphatic carbocycles. The quantitative estimate of drug-likeness (QED) is 0.664. The van der Waals surface area contributed by atoms with E-state index in [1.54, 1.807) is 24.4 Å². The molecular formula is C9H10N2O2. The number of nitrogens with two attached hydrogens (primary N) is 1. The van der Waals surface area contributed by atoms with Crippen LogP contribution in [-0.4, -0.2) is 11.3 Å². The van der Waals surface area contributed by atoms with Crippen LogP contribution in [0.25, 0.3) is 6.08 Å². The van der Waals surface area contributed by atoms with Gasteiger partial charge < -0.3 is 15.5 Å². The number of rotatable bonds is 3. The van der Waals surface area contributed by atoms with Crippen molar-refractivity contribution < 1.29 is 4.79 Å². The second-order valence-corrected chi connectivity index (χ2v) is 2.52. The molecule has 0 aliphatic heterocycles. The number of aldehydes is 1. The number of nitrogens with one attached hydrogen (secondary N) is 1. The van der Waals surface area contributed by atoms with Gasteiger partial charge in [0.25, 0.3) is 5.56 Å². The molecule has 13 heavy (non-hydrogen) atoms. The minimum absolute atomic E-state index is 0.174. The van der Waals surface area contributed by atoms with Gasteiger partial charge in [-0.05, 0) is 11.6 Å². The largest absolute Gasteiger partial charge is 0.394 e. The van der Waals surface area contributed by atoms with Crippen molar-refractivity contribution in [1.29, 1.82) is 0 Å². The predicted molar refractivity (Wildman–Crippen MR) is 51.2 cm³/mol. The van der Waals surface area contributed by atoms with E-state index in [9.17, 15) is 9.59 Å². The molecule has 3 N–H and O–H groups in total. The standard InChI is InChI=1S/C9H10N2O2/c10-8-5-7(3-1-2-4-12)6-11-9(8)13/h1,3-6H,2,10H2,(H,11,13). The smallest absolute Gasteiger partial charge is 0.271 e. The molecule has 1 rings (SSSR count). The predicted octanol–water partition coefficient (Wildman–Crippen LogP) is 0.559. The van der Waals surface area contributed by atoms with Crippen LogP contribution in [0.15, 0.2) is 23.1 Å². The molecule has 1 aromatic rings. The van der Waals surface area contributed by atoms with Gasteiger partial charge in [0.1, 0.15) is 6.29 Å². The zero-order valence-corrected chi connectivity index (χ0v) is 6.99. The van der Waals surface area contributed by atoms with E-state index in [0.29, 0.717) is 6.42 Å². The van der Waals surface area contributed by atoms with Crippen LogP contribution in [0.1, 0.15) is 12.0 Å². The third kappa shape index (κ3) is 2.59. The lowest BCUT2D eigenvalue weighted by atomic mass is 10.2. The van der Waals surface area contributed by atoms with E-state index in [-0.39, 0.29) is 11.2 Å². The fourth-order valence-corrected chi connectivity index (χ4v) is 0.875. The Morgan fingerprint density at radius 3 is 2.92 bits per heavy atom. The molecule has 0 atom stereocenters. The molecule has 68 valence electrons. The summed E-state index contributed by atoms with van der Waals surface area (Å²) in [6.45, 7) is 0. The summed E-state index contributed by atoms with van der Waals surface area (Å²) >= 11 is 0. The van der Waals surface area contributed by atoms with E-state index in [4.69, 9.17) is 5.73 Å². The Balaban J connectivity index is 2.85. The summed E-state index contributed by atoms with van der Waals surface area (Å²) in [6.07, 6.45) is 6.12. The zero-order chi connectivity index (χ0) is 9.68. The second kappa shape index (κ2) is 4.25. The van der Waals surface area contributed by atoms with E-state index < -0.39 is 0 Å². The van der Waals surface area contributed by atoms with Crippen molar-refractivity contribution in [1.82, 2.24) is 4.98 Å². The SMILES string of the molecule is Nc1cc(C=CCC=O)c[nH]c1=O. The first-order valence-electron chi connectivity index (χ1n) is 3.82. The number of hydrogen-bond acceptors (Lipinski definition) is 3. The van der Waals surface area contributed by atoms with Gasteiger partial charge in [0.2, 0.25) is 0 Å². The van der Waals surface area contributed by atoms with Crippen LogP contribution in [0.5, 0.6) is 0 Å². The number of pyridine rings is 1. The summed E-state index contributed by atoms with van der Waals surface area (Å²) in [5.41, 5.74) is 6.03. The third-order valence-electron chi connectivity index (χ3n) is 1.50. The van der Waals surface area contributed by atoms with E-state index >= 15 is 0 Å². The van der Waals surface area contributed by atoms with Crippen LogP contribution in [0.2, 0.25) is 0 Å². The van der Waals surface area contributed by atoms with Gasteiger partial charge >= 0.3 is 0 Å². The minimum atomic E-state index is -0.299. The molecule has 0 saturated heterocycles. The Hall–Kier alpha value is -1.84. The van der Waals surface area contributed by atoms with Crippen molar-refractivity contribution >= 4 is 18.0 Å². The highest BCUT2D eigenvalue weighted by molar-refractivity contribution is 5.59. The maximum atomic E-state index is 10.8. The summed E-state index contributed by atoms with van der Waals surface area (Å²) in [5, 5.41) is 0. The molecule has 0 aromatic carbocycles. The third-order valence-corrected chi connectivity index (χ3v) is 1.50. The number of anilines is 1. The van der Waals surface area contributed by atoms with Crippen LogP contribution >= 0.6 is 0 Å². The van der Waals surface area contributed by atoms with Gasteiger partial charge in [-0.1, -0.05) is 12.2 Å². The number of hydrogen-bond donors (Lipinski definition) is 2. The zero-order valence-electron chi connectivity index (χ0n) is 6.99. The van der Waals surface area contributed by atoms with Gasteiger partial charge in [0.15, 0.2) is 0 Å². The van der Waals surface area contributed by atoms with Gasteiger partial charge in [-0.15, -0.1) is 0 Å². The summed E-state index contributed by atoms with van der Waals surface area (Å²) in [6, 6.07) is 1.56. The molecule has 0 amide bonds. The fraction of sp³-hybridized carbons (Fsp3) is 0.111. The molecule has 0 saturated carbocycles. The summed E-state index contributed by atoms with van der Waals surface area (Å²) < 4.78 is 0.